The molecule has 0 spiro atoms. The van der Waals surface area contributed by atoms with Crippen molar-refractivity contribution in [2.75, 3.05) is 20.8 Å². The highest BCUT2D eigenvalue weighted by Crippen LogP contribution is 2.32. The van der Waals surface area contributed by atoms with E-state index >= 15 is 0 Å². The topological polar surface area (TPSA) is 47.6 Å². The van der Waals surface area contributed by atoms with Crippen LogP contribution in [0.2, 0.25) is 0 Å². The Kier molecular flexibility index (Phi) is 4.10. The summed E-state index contributed by atoms with van der Waals surface area (Å²) in [5, 5.41) is 3.17. The summed E-state index contributed by atoms with van der Waals surface area (Å²) in [7, 11) is 3.48. The van der Waals surface area contributed by atoms with Gasteiger partial charge in [-0.05, 0) is 50.1 Å². The number of likely N-dealkylation sites (N-methyl/N-ethyl adjacent to an activating group) is 1. The van der Waals surface area contributed by atoms with E-state index in [9.17, 15) is 4.79 Å². The van der Waals surface area contributed by atoms with Crippen molar-refractivity contribution in [1.29, 1.82) is 0 Å². The van der Waals surface area contributed by atoms with E-state index in [2.05, 4.69) is 11.4 Å². The molecule has 104 valence electrons. The van der Waals surface area contributed by atoms with Crippen LogP contribution in [0, 0.1) is 0 Å². The maximum Gasteiger partial charge on any atom is 0.326 e. The van der Waals surface area contributed by atoms with Gasteiger partial charge in [-0.3, -0.25) is 4.79 Å². The van der Waals surface area contributed by atoms with Crippen molar-refractivity contribution in [3.63, 3.8) is 0 Å². The number of carbonyl (C=O) groups excluding carboxylic acids is 1. The van der Waals surface area contributed by atoms with E-state index in [0.29, 0.717) is 13.0 Å². The van der Waals surface area contributed by atoms with Gasteiger partial charge in [0.15, 0.2) is 0 Å². The molecule has 0 saturated carbocycles. The fraction of sp³-hybridized carbons (Fsp3) is 0.533. The monoisotopic (exact) mass is 263 g/mol. The summed E-state index contributed by atoms with van der Waals surface area (Å²) >= 11 is 0. The maximum atomic E-state index is 12.2. The van der Waals surface area contributed by atoms with Crippen LogP contribution in [-0.4, -0.2) is 32.3 Å². The number of ether oxygens (including phenoxy) is 2. The first-order chi connectivity index (χ1) is 9.15. The van der Waals surface area contributed by atoms with Gasteiger partial charge in [-0.25, -0.2) is 0 Å². The average Bonchev–Trinajstić information content (AvgIpc) is 2.46. The quantitative estimate of drug-likeness (QED) is 0.840. The molecule has 0 aliphatic heterocycles. The minimum atomic E-state index is -0.602. The van der Waals surface area contributed by atoms with E-state index < -0.39 is 5.54 Å². The van der Waals surface area contributed by atoms with Gasteiger partial charge in [-0.1, -0.05) is 6.07 Å². The number of hydrogen-bond donors (Lipinski definition) is 1. The van der Waals surface area contributed by atoms with Gasteiger partial charge >= 0.3 is 5.97 Å². The van der Waals surface area contributed by atoms with Gasteiger partial charge in [-0.2, -0.15) is 0 Å². The molecule has 0 radical (unpaired) electrons. The number of carbonyl (C=O) groups is 1. The highest BCUT2D eigenvalue weighted by atomic mass is 16.5. The lowest BCUT2D eigenvalue weighted by Gasteiger charge is -2.35. The molecule has 4 nitrogen and oxygen atoms in total. The van der Waals surface area contributed by atoms with Crippen LogP contribution < -0.4 is 10.1 Å². The van der Waals surface area contributed by atoms with E-state index in [4.69, 9.17) is 9.47 Å². The summed E-state index contributed by atoms with van der Waals surface area (Å²) in [5.41, 5.74) is 1.85. The lowest BCUT2D eigenvalue weighted by Crippen LogP contribution is -2.55. The van der Waals surface area contributed by atoms with E-state index in [-0.39, 0.29) is 5.97 Å². The van der Waals surface area contributed by atoms with Crippen molar-refractivity contribution in [2.24, 2.45) is 0 Å². The zero-order valence-electron chi connectivity index (χ0n) is 11.8. The van der Waals surface area contributed by atoms with Crippen molar-refractivity contribution in [3.8, 4) is 5.75 Å². The van der Waals surface area contributed by atoms with Gasteiger partial charge < -0.3 is 14.8 Å². The van der Waals surface area contributed by atoms with Crippen molar-refractivity contribution in [3.05, 3.63) is 29.3 Å². The molecule has 0 heterocycles. The van der Waals surface area contributed by atoms with E-state index in [1.165, 1.54) is 5.56 Å². The molecule has 1 aliphatic carbocycles. The molecule has 0 aromatic heterocycles. The van der Waals surface area contributed by atoms with Crippen LogP contribution in [0.1, 0.15) is 24.5 Å². The number of esters is 1. The Morgan fingerprint density at radius 2 is 2.21 bits per heavy atom. The summed E-state index contributed by atoms with van der Waals surface area (Å²) < 4.78 is 10.5. The third-order valence-corrected chi connectivity index (χ3v) is 3.87. The molecule has 1 aromatic rings. The average molecular weight is 263 g/mol. The molecule has 0 saturated heterocycles. The van der Waals surface area contributed by atoms with Gasteiger partial charge in [0, 0.05) is 6.42 Å². The third kappa shape index (κ3) is 2.59. The number of hydrogen-bond acceptors (Lipinski definition) is 4. The second kappa shape index (κ2) is 5.61. The largest absolute Gasteiger partial charge is 0.497 e. The Morgan fingerprint density at radius 3 is 2.84 bits per heavy atom. The van der Waals surface area contributed by atoms with Crippen LogP contribution in [0.5, 0.6) is 5.75 Å². The smallest absolute Gasteiger partial charge is 0.326 e. The number of fused-ring (bicyclic) bond motifs is 1. The molecule has 0 fully saturated rings. The predicted molar refractivity (Wildman–Crippen MR) is 73.4 cm³/mol. The van der Waals surface area contributed by atoms with Gasteiger partial charge in [0.25, 0.3) is 0 Å². The molecule has 2 rings (SSSR count). The molecule has 1 aromatic carbocycles. The minimum Gasteiger partial charge on any atom is -0.497 e. The predicted octanol–water partition coefficient (Wildman–Crippen LogP) is 1.71. The SMILES string of the molecule is CCOC(=O)C1(NC)CCc2ccc(OC)cc2C1. The molecule has 4 heteroatoms. The summed E-state index contributed by atoms with van der Waals surface area (Å²) in [6.07, 6.45) is 2.29. The number of aryl methyl sites for hydroxylation is 1. The second-order valence-electron chi connectivity index (χ2n) is 4.86. The summed E-state index contributed by atoms with van der Waals surface area (Å²) in [6, 6.07) is 6.06. The Balaban J connectivity index is 2.29. The third-order valence-electron chi connectivity index (χ3n) is 3.87. The van der Waals surface area contributed by atoms with Crippen LogP contribution in [0.3, 0.4) is 0 Å². The fourth-order valence-corrected chi connectivity index (χ4v) is 2.66. The first kappa shape index (κ1) is 13.9. The Hall–Kier alpha value is -1.55. The van der Waals surface area contributed by atoms with Crippen LogP contribution in [-0.2, 0) is 22.4 Å². The van der Waals surface area contributed by atoms with Gasteiger partial charge in [0.05, 0.1) is 13.7 Å². The number of methoxy groups -OCH3 is 1. The number of benzene rings is 1. The van der Waals surface area contributed by atoms with Gasteiger partial charge in [0.1, 0.15) is 11.3 Å². The molecule has 0 bridgehead atoms. The molecular weight excluding hydrogens is 242 g/mol. The van der Waals surface area contributed by atoms with Crippen molar-refractivity contribution >= 4 is 5.97 Å². The Morgan fingerprint density at radius 1 is 1.42 bits per heavy atom. The molecule has 1 aliphatic rings. The summed E-state index contributed by atoms with van der Waals surface area (Å²) in [5.74, 6) is 0.667. The lowest BCUT2D eigenvalue weighted by atomic mass is 9.78. The van der Waals surface area contributed by atoms with E-state index in [1.54, 1.807) is 7.11 Å². The first-order valence-corrected chi connectivity index (χ1v) is 6.67. The normalized spacial score (nSPS) is 21.6. The van der Waals surface area contributed by atoms with Crippen molar-refractivity contribution < 1.29 is 14.3 Å². The summed E-state index contributed by atoms with van der Waals surface area (Å²) in [6.45, 7) is 2.24. The van der Waals surface area contributed by atoms with Crippen LogP contribution in [0.25, 0.3) is 0 Å². The van der Waals surface area contributed by atoms with Gasteiger partial charge in [0.2, 0.25) is 0 Å². The van der Waals surface area contributed by atoms with Crippen molar-refractivity contribution in [2.45, 2.75) is 31.7 Å². The zero-order chi connectivity index (χ0) is 13.9. The van der Waals surface area contributed by atoms with Crippen LogP contribution >= 0.6 is 0 Å². The Labute approximate surface area is 114 Å². The highest BCUT2D eigenvalue weighted by Gasteiger charge is 2.41. The Bertz CT molecular complexity index is 472. The second-order valence-corrected chi connectivity index (χ2v) is 4.86. The molecular formula is C15H21NO3. The first-order valence-electron chi connectivity index (χ1n) is 6.67. The van der Waals surface area contributed by atoms with Crippen LogP contribution in [0.4, 0.5) is 0 Å². The van der Waals surface area contributed by atoms with E-state index in [0.717, 1.165) is 24.2 Å². The fourth-order valence-electron chi connectivity index (χ4n) is 2.66. The van der Waals surface area contributed by atoms with Gasteiger partial charge in [-0.15, -0.1) is 0 Å². The molecule has 1 N–H and O–H groups in total. The van der Waals surface area contributed by atoms with Crippen LogP contribution in [0.15, 0.2) is 18.2 Å². The maximum absolute atomic E-state index is 12.2. The highest BCUT2D eigenvalue weighted by molar-refractivity contribution is 5.82. The standard InChI is InChI=1S/C15H21NO3/c1-4-19-14(17)15(16-2)8-7-11-5-6-13(18-3)9-12(11)10-15/h5-6,9,16H,4,7-8,10H2,1-3H3. The molecule has 0 amide bonds. The van der Waals surface area contributed by atoms with E-state index in [1.807, 2.05) is 26.1 Å². The lowest BCUT2D eigenvalue weighted by molar-refractivity contribution is -0.151. The van der Waals surface area contributed by atoms with Crippen molar-refractivity contribution in [1.82, 2.24) is 5.32 Å². The molecule has 19 heavy (non-hydrogen) atoms. The zero-order valence-corrected chi connectivity index (χ0v) is 11.8. The number of nitrogens with one attached hydrogen (secondary N) is 1. The number of rotatable bonds is 4. The molecule has 1 unspecified atom stereocenters. The molecule has 1 atom stereocenters. The minimum absolute atomic E-state index is 0.161. The summed E-state index contributed by atoms with van der Waals surface area (Å²) in [4.78, 5) is 12.2.